The van der Waals surface area contributed by atoms with Gasteiger partial charge in [-0.05, 0) is 30.3 Å². The Morgan fingerprint density at radius 1 is 1.14 bits per heavy atom. The number of thiazole rings is 1. The van der Waals surface area contributed by atoms with E-state index in [0.717, 1.165) is 22.3 Å². The highest BCUT2D eigenvalue weighted by atomic mass is 32.1. The molecule has 28 heavy (non-hydrogen) atoms. The molecule has 0 fully saturated rings. The molecule has 0 saturated carbocycles. The minimum atomic E-state index is -0.219. The molecule has 4 rings (SSSR count). The lowest BCUT2D eigenvalue weighted by Gasteiger charge is -2.08. The van der Waals surface area contributed by atoms with Gasteiger partial charge in [-0.25, -0.2) is 9.67 Å². The van der Waals surface area contributed by atoms with E-state index in [1.165, 1.54) is 11.3 Å². The van der Waals surface area contributed by atoms with Crippen LogP contribution in [0.1, 0.15) is 0 Å². The van der Waals surface area contributed by atoms with E-state index in [1.54, 1.807) is 18.9 Å². The Kier molecular flexibility index (Phi) is 4.90. The summed E-state index contributed by atoms with van der Waals surface area (Å²) in [4.78, 5) is 16.9. The van der Waals surface area contributed by atoms with Gasteiger partial charge in [-0.2, -0.15) is 0 Å². The van der Waals surface area contributed by atoms with E-state index in [2.05, 4.69) is 20.6 Å². The number of amides is 1. The molecule has 0 saturated heterocycles. The third-order valence-electron chi connectivity index (χ3n) is 4.14. The van der Waals surface area contributed by atoms with E-state index in [-0.39, 0.29) is 12.5 Å². The van der Waals surface area contributed by atoms with Crippen LogP contribution in [-0.4, -0.2) is 40.1 Å². The second kappa shape index (κ2) is 7.65. The van der Waals surface area contributed by atoms with Crippen LogP contribution in [0.5, 0.6) is 11.5 Å². The molecule has 0 unspecified atom stereocenters. The lowest BCUT2D eigenvalue weighted by atomic mass is 10.1. The Morgan fingerprint density at radius 3 is 2.79 bits per heavy atom. The zero-order valence-electron chi connectivity index (χ0n) is 15.2. The molecule has 0 atom stereocenters. The number of para-hydroxylation sites is 1. The minimum absolute atomic E-state index is 0.0613. The average molecular weight is 395 g/mol. The van der Waals surface area contributed by atoms with Crippen LogP contribution in [0.2, 0.25) is 0 Å². The van der Waals surface area contributed by atoms with E-state index in [9.17, 15) is 4.79 Å². The molecule has 9 heteroatoms. The molecule has 142 valence electrons. The van der Waals surface area contributed by atoms with Crippen molar-refractivity contribution in [2.45, 2.75) is 6.54 Å². The van der Waals surface area contributed by atoms with Crippen molar-refractivity contribution in [2.24, 2.45) is 0 Å². The summed E-state index contributed by atoms with van der Waals surface area (Å²) < 4.78 is 12.1. The predicted molar refractivity (Wildman–Crippen MR) is 107 cm³/mol. The van der Waals surface area contributed by atoms with Crippen molar-refractivity contribution in [3.8, 4) is 22.8 Å². The van der Waals surface area contributed by atoms with Crippen LogP contribution in [0.3, 0.4) is 0 Å². The number of nitrogens with zero attached hydrogens (tertiary/aromatic N) is 4. The third kappa shape index (κ3) is 3.52. The van der Waals surface area contributed by atoms with Gasteiger partial charge in [0.1, 0.15) is 12.1 Å². The van der Waals surface area contributed by atoms with Gasteiger partial charge in [-0.15, -0.1) is 16.4 Å². The Hall–Kier alpha value is -3.46. The molecule has 0 bridgehead atoms. The first-order valence-corrected chi connectivity index (χ1v) is 9.32. The van der Waals surface area contributed by atoms with Gasteiger partial charge in [-0.3, -0.25) is 4.79 Å². The maximum absolute atomic E-state index is 12.4. The van der Waals surface area contributed by atoms with Crippen molar-refractivity contribution in [3.63, 3.8) is 0 Å². The van der Waals surface area contributed by atoms with E-state index in [0.29, 0.717) is 16.6 Å². The number of rotatable bonds is 6. The molecule has 8 nitrogen and oxygen atoms in total. The van der Waals surface area contributed by atoms with Gasteiger partial charge in [0.05, 0.1) is 25.4 Å². The Bertz CT molecular complexity index is 1140. The highest BCUT2D eigenvalue weighted by molar-refractivity contribution is 7.14. The number of hydrogen-bond acceptors (Lipinski definition) is 7. The highest BCUT2D eigenvalue weighted by Gasteiger charge is 2.13. The summed E-state index contributed by atoms with van der Waals surface area (Å²) in [5.74, 6) is 1.05. The normalized spacial score (nSPS) is 10.8. The average Bonchev–Trinajstić information content (AvgIpc) is 3.35. The first-order chi connectivity index (χ1) is 13.7. The molecule has 0 radical (unpaired) electrons. The minimum Gasteiger partial charge on any atom is -0.493 e. The van der Waals surface area contributed by atoms with E-state index in [4.69, 9.17) is 9.47 Å². The van der Waals surface area contributed by atoms with Gasteiger partial charge in [0.25, 0.3) is 0 Å². The van der Waals surface area contributed by atoms with Crippen molar-refractivity contribution < 1.29 is 14.3 Å². The number of aromatic nitrogens is 4. The summed E-state index contributed by atoms with van der Waals surface area (Å²) in [5.41, 5.74) is 3.17. The van der Waals surface area contributed by atoms with Crippen LogP contribution in [0.15, 0.2) is 47.8 Å². The topological polar surface area (TPSA) is 91.2 Å². The SMILES string of the molecule is COc1ccc(-c2csc(NC(=O)Cn3nnc4ccccc43)n2)cc1OC. The second-order valence-electron chi connectivity index (χ2n) is 5.89. The number of carbonyl (C=O) groups is 1. The summed E-state index contributed by atoms with van der Waals surface area (Å²) in [5, 5.41) is 13.3. The molecular weight excluding hydrogens is 378 g/mol. The fourth-order valence-electron chi connectivity index (χ4n) is 2.79. The van der Waals surface area contributed by atoms with E-state index < -0.39 is 0 Å². The van der Waals surface area contributed by atoms with Gasteiger partial charge in [0.15, 0.2) is 16.6 Å². The monoisotopic (exact) mass is 395 g/mol. The molecule has 2 aromatic carbocycles. The maximum atomic E-state index is 12.4. The van der Waals surface area contributed by atoms with Gasteiger partial charge in [-0.1, -0.05) is 17.3 Å². The van der Waals surface area contributed by atoms with Crippen LogP contribution < -0.4 is 14.8 Å². The van der Waals surface area contributed by atoms with E-state index >= 15 is 0 Å². The number of anilines is 1. The number of nitrogens with one attached hydrogen (secondary N) is 1. The van der Waals surface area contributed by atoms with Crippen molar-refractivity contribution >= 4 is 33.4 Å². The van der Waals surface area contributed by atoms with Crippen molar-refractivity contribution in [1.82, 2.24) is 20.0 Å². The van der Waals surface area contributed by atoms with Gasteiger partial charge in [0, 0.05) is 10.9 Å². The molecule has 0 aliphatic heterocycles. The van der Waals surface area contributed by atoms with Crippen LogP contribution in [0.25, 0.3) is 22.3 Å². The molecule has 2 heterocycles. The Morgan fingerprint density at radius 2 is 1.96 bits per heavy atom. The van der Waals surface area contributed by atoms with Crippen LogP contribution in [-0.2, 0) is 11.3 Å². The summed E-state index contributed by atoms with van der Waals surface area (Å²) in [6.45, 7) is 0.0613. The summed E-state index contributed by atoms with van der Waals surface area (Å²) in [6, 6.07) is 13.1. The Labute approximate surface area is 164 Å². The second-order valence-corrected chi connectivity index (χ2v) is 6.75. The molecule has 1 N–H and O–H groups in total. The fourth-order valence-corrected chi connectivity index (χ4v) is 3.52. The summed E-state index contributed by atoms with van der Waals surface area (Å²) >= 11 is 1.35. The zero-order valence-corrected chi connectivity index (χ0v) is 16.1. The highest BCUT2D eigenvalue weighted by Crippen LogP contribution is 2.33. The zero-order chi connectivity index (χ0) is 19.5. The molecule has 2 aromatic heterocycles. The predicted octanol–water partition coefficient (Wildman–Crippen LogP) is 3.21. The van der Waals surface area contributed by atoms with E-state index in [1.807, 2.05) is 47.8 Å². The number of fused-ring (bicyclic) bond motifs is 1. The number of hydrogen-bond donors (Lipinski definition) is 1. The largest absolute Gasteiger partial charge is 0.493 e. The van der Waals surface area contributed by atoms with Crippen molar-refractivity contribution in [1.29, 1.82) is 0 Å². The van der Waals surface area contributed by atoms with Crippen LogP contribution in [0, 0.1) is 0 Å². The van der Waals surface area contributed by atoms with Gasteiger partial charge >= 0.3 is 0 Å². The fraction of sp³-hybridized carbons (Fsp3) is 0.158. The Balaban J connectivity index is 1.48. The first kappa shape index (κ1) is 17.9. The lowest BCUT2D eigenvalue weighted by molar-refractivity contribution is -0.116. The molecule has 4 aromatic rings. The third-order valence-corrected chi connectivity index (χ3v) is 4.90. The smallest absolute Gasteiger partial charge is 0.247 e. The van der Waals surface area contributed by atoms with Crippen LogP contribution >= 0.6 is 11.3 Å². The van der Waals surface area contributed by atoms with Crippen molar-refractivity contribution in [3.05, 3.63) is 47.8 Å². The summed E-state index contributed by atoms with van der Waals surface area (Å²) in [7, 11) is 3.18. The summed E-state index contributed by atoms with van der Waals surface area (Å²) in [6.07, 6.45) is 0. The molecule has 0 spiro atoms. The van der Waals surface area contributed by atoms with Gasteiger partial charge < -0.3 is 14.8 Å². The molecule has 1 amide bonds. The molecule has 0 aliphatic carbocycles. The van der Waals surface area contributed by atoms with Crippen molar-refractivity contribution in [2.75, 3.05) is 19.5 Å². The first-order valence-electron chi connectivity index (χ1n) is 8.44. The standard InChI is InChI=1S/C19H17N5O3S/c1-26-16-8-7-12(9-17(16)27-2)14-11-28-19(20-14)21-18(25)10-24-15-6-4-3-5-13(15)22-23-24/h3-9,11H,10H2,1-2H3,(H,20,21,25). The van der Waals surface area contributed by atoms with Gasteiger partial charge in [0.2, 0.25) is 5.91 Å². The number of ether oxygens (including phenoxy) is 2. The quantitative estimate of drug-likeness (QED) is 0.539. The molecular formula is C19H17N5O3S. The lowest BCUT2D eigenvalue weighted by Crippen LogP contribution is -2.19. The van der Waals surface area contributed by atoms with Crippen LogP contribution in [0.4, 0.5) is 5.13 Å². The number of methoxy groups -OCH3 is 2. The number of benzene rings is 2. The molecule has 0 aliphatic rings. The maximum Gasteiger partial charge on any atom is 0.247 e. The number of carbonyl (C=O) groups excluding carboxylic acids is 1.